The highest BCUT2D eigenvalue weighted by atomic mass is 79.9. The van der Waals surface area contributed by atoms with Crippen LogP contribution in [0.3, 0.4) is 0 Å². The van der Waals surface area contributed by atoms with E-state index in [1.54, 1.807) is 24.3 Å². The predicted molar refractivity (Wildman–Crippen MR) is 66.3 cm³/mol. The van der Waals surface area contributed by atoms with Gasteiger partial charge in [-0.3, -0.25) is 4.79 Å². The normalized spacial score (nSPS) is 11.3. The van der Waals surface area contributed by atoms with Gasteiger partial charge < -0.3 is 10.6 Å². The molecule has 1 rings (SSSR count). The van der Waals surface area contributed by atoms with Gasteiger partial charge in [-0.15, -0.1) is 0 Å². The highest BCUT2D eigenvalue weighted by Crippen LogP contribution is 2.18. The number of anilines is 1. The summed E-state index contributed by atoms with van der Waals surface area (Å²) in [5.74, 6) is -0.375. The standard InChI is InChI=1S/C11H12BrF3N2O/c12-8-1-3-9(4-2-8)17-10(18)7-16-6-5-11(13,14)15/h1-4,16H,5-7H2,(H,17,18). The molecule has 7 heteroatoms. The fraction of sp³-hybridized carbons (Fsp3) is 0.364. The van der Waals surface area contributed by atoms with E-state index in [0.29, 0.717) is 5.69 Å². The Kier molecular flexibility index (Phi) is 5.61. The number of carbonyl (C=O) groups is 1. The van der Waals surface area contributed by atoms with Crippen LogP contribution in [0.5, 0.6) is 0 Å². The molecule has 0 saturated heterocycles. The monoisotopic (exact) mass is 324 g/mol. The fourth-order valence-electron chi connectivity index (χ4n) is 1.17. The number of rotatable bonds is 5. The molecule has 2 N–H and O–H groups in total. The molecule has 0 spiro atoms. The van der Waals surface area contributed by atoms with Crippen LogP contribution >= 0.6 is 15.9 Å². The molecule has 3 nitrogen and oxygen atoms in total. The van der Waals surface area contributed by atoms with Gasteiger partial charge in [-0.1, -0.05) is 15.9 Å². The van der Waals surface area contributed by atoms with E-state index in [1.807, 2.05) is 0 Å². The molecular weight excluding hydrogens is 313 g/mol. The fourth-order valence-corrected chi connectivity index (χ4v) is 1.43. The molecule has 18 heavy (non-hydrogen) atoms. The van der Waals surface area contributed by atoms with Gasteiger partial charge in [0.1, 0.15) is 0 Å². The second-order valence-electron chi connectivity index (χ2n) is 3.60. The lowest BCUT2D eigenvalue weighted by molar-refractivity contribution is -0.134. The van der Waals surface area contributed by atoms with Gasteiger partial charge in [-0.05, 0) is 24.3 Å². The Bertz CT molecular complexity index is 392. The third-order valence-corrected chi connectivity index (χ3v) is 2.53. The highest BCUT2D eigenvalue weighted by molar-refractivity contribution is 9.10. The highest BCUT2D eigenvalue weighted by Gasteiger charge is 2.25. The Hall–Kier alpha value is -1.08. The molecule has 1 aromatic carbocycles. The molecule has 0 radical (unpaired) electrons. The predicted octanol–water partition coefficient (Wildman–Crippen LogP) is 2.93. The summed E-state index contributed by atoms with van der Waals surface area (Å²) in [4.78, 5) is 11.4. The van der Waals surface area contributed by atoms with Crippen molar-refractivity contribution in [2.24, 2.45) is 0 Å². The van der Waals surface area contributed by atoms with Crippen molar-refractivity contribution in [3.63, 3.8) is 0 Å². The Balaban J connectivity index is 2.24. The molecule has 0 aromatic heterocycles. The van der Waals surface area contributed by atoms with E-state index in [4.69, 9.17) is 0 Å². The van der Waals surface area contributed by atoms with Crippen LogP contribution in [0.1, 0.15) is 6.42 Å². The Morgan fingerprint density at radius 3 is 2.39 bits per heavy atom. The van der Waals surface area contributed by atoms with Crippen LogP contribution in [0, 0.1) is 0 Å². The minimum atomic E-state index is -4.20. The zero-order valence-electron chi connectivity index (χ0n) is 9.35. The van der Waals surface area contributed by atoms with Crippen molar-refractivity contribution in [2.45, 2.75) is 12.6 Å². The summed E-state index contributed by atoms with van der Waals surface area (Å²) in [7, 11) is 0. The van der Waals surface area contributed by atoms with Gasteiger partial charge in [-0.2, -0.15) is 13.2 Å². The van der Waals surface area contributed by atoms with Crippen molar-refractivity contribution in [1.82, 2.24) is 5.32 Å². The van der Waals surface area contributed by atoms with Crippen molar-refractivity contribution in [1.29, 1.82) is 0 Å². The topological polar surface area (TPSA) is 41.1 Å². The molecule has 0 aliphatic carbocycles. The second kappa shape index (κ2) is 6.75. The molecule has 1 aromatic rings. The minimum Gasteiger partial charge on any atom is -0.325 e. The van der Waals surface area contributed by atoms with Gasteiger partial charge in [-0.25, -0.2) is 0 Å². The first-order chi connectivity index (χ1) is 8.37. The van der Waals surface area contributed by atoms with Crippen molar-refractivity contribution in [2.75, 3.05) is 18.4 Å². The van der Waals surface area contributed by atoms with Gasteiger partial charge in [0.15, 0.2) is 0 Å². The number of hydrogen-bond acceptors (Lipinski definition) is 2. The van der Waals surface area contributed by atoms with Crippen LogP contribution < -0.4 is 10.6 Å². The first-order valence-corrected chi connectivity index (χ1v) is 5.99. The SMILES string of the molecule is O=C(CNCCC(F)(F)F)Nc1ccc(Br)cc1. The molecule has 0 unspecified atom stereocenters. The van der Waals surface area contributed by atoms with Gasteiger partial charge in [0.25, 0.3) is 0 Å². The largest absolute Gasteiger partial charge is 0.390 e. The van der Waals surface area contributed by atoms with E-state index < -0.39 is 12.6 Å². The van der Waals surface area contributed by atoms with E-state index in [1.165, 1.54) is 0 Å². The van der Waals surface area contributed by atoms with Crippen molar-refractivity contribution in [3.05, 3.63) is 28.7 Å². The maximum absolute atomic E-state index is 11.8. The van der Waals surface area contributed by atoms with Crippen LogP contribution in [0.4, 0.5) is 18.9 Å². The molecular formula is C11H12BrF3N2O. The summed E-state index contributed by atoms with van der Waals surface area (Å²) < 4.78 is 36.3. The third kappa shape index (κ3) is 6.61. The average Bonchev–Trinajstić information content (AvgIpc) is 2.26. The molecule has 100 valence electrons. The van der Waals surface area contributed by atoms with Crippen molar-refractivity contribution in [3.8, 4) is 0 Å². The number of nitrogens with one attached hydrogen (secondary N) is 2. The number of halogens is 4. The number of hydrogen-bond donors (Lipinski definition) is 2. The van der Waals surface area contributed by atoms with E-state index in [9.17, 15) is 18.0 Å². The number of benzene rings is 1. The summed E-state index contributed by atoms with van der Waals surface area (Å²) >= 11 is 3.25. The first kappa shape index (κ1) is 15.0. The molecule has 0 heterocycles. The van der Waals surface area contributed by atoms with Crippen molar-refractivity contribution < 1.29 is 18.0 Å². The van der Waals surface area contributed by atoms with Gasteiger partial charge in [0.05, 0.1) is 13.0 Å². The summed E-state index contributed by atoms with van der Waals surface area (Å²) in [5.41, 5.74) is 0.598. The molecule has 0 saturated carbocycles. The lowest BCUT2D eigenvalue weighted by atomic mass is 10.3. The Labute approximate surface area is 111 Å². The quantitative estimate of drug-likeness (QED) is 0.818. The molecule has 1 amide bonds. The molecule has 0 atom stereocenters. The minimum absolute atomic E-state index is 0.147. The molecule has 0 fully saturated rings. The summed E-state index contributed by atoms with van der Waals surface area (Å²) in [5, 5.41) is 5.00. The number of carbonyl (C=O) groups excluding carboxylic acids is 1. The Morgan fingerprint density at radius 1 is 1.22 bits per heavy atom. The van der Waals surface area contributed by atoms with Crippen LogP contribution in [-0.2, 0) is 4.79 Å². The first-order valence-electron chi connectivity index (χ1n) is 5.20. The summed E-state index contributed by atoms with van der Waals surface area (Å²) in [6, 6.07) is 6.90. The maximum atomic E-state index is 11.8. The zero-order chi connectivity index (χ0) is 13.6. The van der Waals surface area contributed by atoms with Gasteiger partial charge >= 0.3 is 6.18 Å². The van der Waals surface area contributed by atoms with E-state index in [0.717, 1.165) is 4.47 Å². The van der Waals surface area contributed by atoms with Crippen molar-refractivity contribution >= 4 is 27.5 Å². The lowest BCUT2D eigenvalue weighted by Crippen LogP contribution is -2.30. The molecule has 0 bridgehead atoms. The molecule has 0 aliphatic rings. The summed E-state index contributed by atoms with van der Waals surface area (Å²) in [6.45, 7) is -0.413. The maximum Gasteiger partial charge on any atom is 0.390 e. The third-order valence-electron chi connectivity index (χ3n) is 2.00. The van der Waals surface area contributed by atoms with E-state index in [2.05, 4.69) is 26.6 Å². The lowest BCUT2D eigenvalue weighted by Gasteiger charge is -2.08. The van der Waals surface area contributed by atoms with Gasteiger partial charge in [0, 0.05) is 16.7 Å². The average molecular weight is 325 g/mol. The second-order valence-corrected chi connectivity index (χ2v) is 4.51. The number of alkyl halides is 3. The summed E-state index contributed by atoms with van der Waals surface area (Å²) in [6.07, 6.45) is -5.15. The van der Waals surface area contributed by atoms with Crippen LogP contribution in [-0.4, -0.2) is 25.2 Å². The zero-order valence-corrected chi connectivity index (χ0v) is 10.9. The smallest absolute Gasteiger partial charge is 0.325 e. The Morgan fingerprint density at radius 2 is 1.83 bits per heavy atom. The van der Waals surface area contributed by atoms with Crippen LogP contribution in [0.15, 0.2) is 28.7 Å². The van der Waals surface area contributed by atoms with Crippen LogP contribution in [0.2, 0.25) is 0 Å². The van der Waals surface area contributed by atoms with Gasteiger partial charge in [0.2, 0.25) is 5.91 Å². The van der Waals surface area contributed by atoms with Crippen LogP contribution in [0.25, 0.3) is 0 Å². The van der Waals surface area contributed by atoms with E-state index >= 15 is 0 Å². The number of amides is 1. The van der Waals surface area contributed by atoms with E-state index in [-0.39, 0.29) is 19.0 Å². The molecule has 0 aliphatic heterocycles.